The highest BCUT2D eigenvalue weighted by Gasteiger charge is 2.36. The van der Waals surface area contributed by atoms with Gasteiger partial charge in [-0.15, -0.1) is 13.2 Å². The number of nitrogens with two attached hydrogens (primary N) is 1. The lowest BCUT2D eigenvalue weighted by Gasteiger charge is -2.32. The molecule has 5 nitrogen and oxygen atoms in total. The molecule has 1 atom stereocenters. The van der Waals surface area contributed by atoms with Gasteiger partial charge in [-0.05, 0) is 47.9 Å². The predicted molar refractivity (Wildman–Crippen MR) is 98.9 cm³/mol. The number of primary sulfonamides is 1. The van der Waals surface area contributed by atoms with Crippen LogP contribution in [0.25, 0.3) is 0 Å². The first-order valence-corrected chi connectivity index (χ1v) is 9.84. The van der Waals surface area contributed by atoms with Crippen molar-refractivity contribution in [2.75, 3.05) is 6.54 Å². The average Bonchev–Trinajstić information content (AvgIpc) is 2.62. The fourth-order valence-electron chi connectivity index (χ4n) is 3.23. The number of dihydropyridines is 1. The van der Waals surface area contributed by atoms with E-state index in [0.717, 1.165) is 12.1 Å². The summed E-state index contributed by atoms with van der Waals surface area (Å²) in [5.41, 5.74) is 0.136. The second-order valence-electron chi connectivity index (χ2n) is 6.54. The van der Waals surface area contributed by atoms with Crippen LogP contribution in [0.4, 0.5) is 17.6 Å². The van der Waals surface area contributed by atoms with Crippen LogP contribution >= 0.6 is 0 Å². The molecule has 3 rings (SSSR count). The van der Waals surface area contributed by atoms with Crippen molar-refractivity contribution >= 4 is 16.2 Å². The van der Waals surface area contributed by atoms with Crippen LogP contribution in [0.3, 0.4) is 0 Å². The zero-order chi connectivity index (χ0) is 21.4. The molecular formula is C19H16F4N2O3S. The molecule has 1 aliphatic heterocycles. The van der Waals surface area contributed by atoms with Crippen LogP contribution in [0.2, 0.25) is 0 Å². The van der Waals surface area contributed by atoms with Crippen LogP contribution in [0.15, 0.2) is 58.4 Å². The number of allylic oxidation sites excluding steroid dienone is 1. The summed E-state index contributed by atoms with van der Waals surface area (Å²) in [4.78, 5) is 3.56. The highest BCUT2D eigenvalue weighted by Crippen LogP contribution is 2.39. The highest BCUT2D eigenvalue weighted by atomic mass is 32.2. The summed E-state index contributed by atoms with van der Waals surface area (Å²) in [6.07, 6.45) is 0.0713. The fraction of sp³-hybridized carbons (Fsp3) is 0.211. The van der Waals surface area contributed by atoms with Crippen molar-refractivity contribution in [2.45, 2.75) is 23.6 Å². The van der Waals surface area contributed by atoms with Crippen molar-refractivity contribution in [3.05, 3.63) is 71.1 Å². The van der Waals surface area contributed by atoms with E-state index >= 15 is 0 Å². The molecule has 0 saturated carbocycles. The van der Waals surface area contributed by atoms with Crippen molar-refractivity contribution < 1.29 is 30.7 Å². The number of ether oxygens (including phenoxy) is 1. The van der Waals surface area contributed by atoms with E-state index in [1.165, 1.54) is 31.2 Å². The maximum absolute atomic E-state index is 14.4. The Balaban J connectivity index is 2.12. The molecule has 1 aliphatic rings. The molecule has 2 N–H and O–H groups in total. The van der Waals surface area contributed by atoms with E-state index in [1.54, 1.807) is 18.4 Å². The van der Waals surface area contributed by atoms with Crippen LogP contribution in [0.5, 0.6) is 5.75 Å². The number of aliphatic imine (C=N–C) groups is 1. The number of aryl methyl sites for hydroxylation is 1. The van der Waals surface area contributed by atoms with Gasteiger partial charge in [0.2, 0.25) is 10.0 Å². The minimum atomic E-state index is -4.83. The maximum atomic E-state index is 14.4. The Morgan fingerprint density at radius 3 is 2.31 bits per heavy atom. The van der Waals surface area contributed by atoms with Gasteiger partial charge in [-0.1, -0.05) is 24.3 Å². The van der Waals surface area contributed by atoms with E-state index < -0.39 is 32.5 Å². The molecule has 154 valence electrons. The Morgan fingerprint density at radius 2 is 1.79 bits per heavy atom. The van der Waals surface area contributed by atoms with E-state index in [-0.39, 0.29) is 17.9 Å². The smallest absolute Gasteiger partial charge is 0.406 e. The Morgan fingerprint density at radius 1 is 1.14 bits per heavy atom. The number of sulfonamides is 1. The third kappa shape index (κ3) is 4.33. The molecule has 0 saturated heterocycles. The van der Waals surface area contributed by atoms with E-state index in [0.29, 0.717) is 11.1 Å². The van der Waals surface area contributed by atoms with Gasteiger partial charge in [0, 0.05) is 6.21 Å². The van der Waals surface area contributed by atoms with Gasteiger partial charge >= 0.3 is 6.36 Å². The first-order valence-electron chi connectivity index (χ1n) is 8.30. The monoisotopic (exact) mass is 428 g/mol. The lowest BCUT2D eigenvalue weighted by molar-refractivity contribution is -0.274. The maximum Gasteiger partial charge on any atom is 0.573 e. The molecule has 0 spiro atoms. The summed E-state index contributed by atoms with van der Waals surface area (Å²) in [5, 5.41) is 5.01. The van der Waals surface area contributed by atoms with E-state index in [2.05, 4.69) is 9.73 Å². The summed E-state index contributed by atoms with van der Waals surface area (Å²) >= 11 is 0. The molecular weight excluding hydrogens is 412 g/mol. The Bertz CT molecular complexity index is 1110. The molecule has 0 radical (unpaired) electrons. The Hall–Kier alpha value is -2.72. The quantitative estimate of drug-likeness (QED) is 0.756. The number of halogens is 4. The van der Waals surface area contributed by atoms with Gasteiger partial charge in [0.05, 0.1) is 12.0 Å². The van der Waals surface area contributed by atoms with Crippen molar-refractivity contribution in [3.8, 4) is 5.75 Å². The number of hydrogen-bond acceptors (Lipinski definition) is 4. The van der Waals surface area contributed by atoms with Gasteiger partial charge in [-0.3, -0.25) is 4.99 Å². The van der Waals surface area contributed by atoms with E-state index in [1.807, 2.05) is 0 Å². The SMILES string of the molecule is Cc1cc(C2(c3ccc(S(N)(=O)=O)c(F)c3)C=CC=NC2)ccc1OC(F)(F)F. The minimum absolute atomic E-state index is 0.149. The second-order valence-corrected chi connectivity index (χ2v) is 8.07. The molecule has 0 bridgehead atoms. The fourth-order valence-corrected chi connectivity index (χ4v) is 3.82. The largest absolute Gasteiger partial charge is 0.573 e. The van der Waals surface area contributed by atoms with Crippen molar-refractivity contribution in [3.63, 3.8) is 0 Å². The molecule has 1 unspecified atom stereocenters. The van der Waals surface area contributed by atoms with Crippen LogP contribution in [0, 0.1) is 12.7 Å². The predicted octanol–water partition coefficient (Wildman–Crippen LogP) is 3.61. The van der Waals surface area contributed by atoms with Crippen molar-refractivity contribution in [2.24, 2.45) is 10.1 Å². The van der Waals surface area contributed by atoms with Crippen LogP contribution in [-0.2, 0) is 15.4 Å². The topological polar surface area (TPSA) is 81.8 Å². The molecule has 2 aromatic carbocycles. The second kappa shape index (κ2) is 7.27. The number of rotatable bonds is 4. The normalized spacial score (nSPS) is 19.4. The minimum Gasteiger partial charge on any atom is -0.406 e. The van der Waals surface area contributed by atoms with Gasteiger partial charge < -0.3 is 4.74 Å². The first-order chi connectivity index (χ1) is 13.4. The molecule has 10 heteroatoms. The first kappa shape index (κ1) is 21.0. The zero-order valence-electron chi connectivity index (χ0n) is 15.1. The summed E-state index contributed by atoms with van der Waals surface area (Å²) in [6, 6.07) is 7.62. The molecule has 0 aromatic heterocycles. The van der Waals surface area contributed by atoms with E-state index in [9.17, 15) is 26.0 Å². The number of hydrogen-bond donors (Lipinski definition) is 1. The number of benzene rings is 2. The molecule has 29 heavy (non-hydrogen) atoms. The van der Waals surface area contributed by atoms with Crippen molar-refractivity contribution in [1.29, 1.82) is 0 Å². The standard InChI is InChI=1S/C19H16F4N2O3S/c1-12-9-13(3-5-16(12)28-19(21,22)23)18(7-2-8-25-11-18)14-4-6-17(15(20)10-14)29(24,26)27/h2-10H,11H2,1H3,(H2,24,26,27). The van der Waals surface area contributed by atoms with Crippen LogP contribution in [0.1, 0.15) is 16.7 Å². The molecule has 2 aromatic rings. The van der Waals surface area contributed by atoms with Gasteiger partial charge in [0.1, 0.15) is 16.5 Å². The Kier molecular flexibility index (Phi) is 5.26. The third-order valence-corrected chi connectivity index (χ3v) is 5.53. The summed E-state index contributed by atoms with van der Waals surface area (Å²) in [6.45, 7) is 1.61. The molecule has 0 amide bonds. The lowest BCUT2D eigenvalue weighted by Crippen LogP contribution is -2.31. The summed E-state index contributed by atoms with van der Waals surface area (Å²) in [7, 11) is -4.24. The van der Waals surface area contributed by atoms with Gasteiger partial charge in [-0.25, -0.2) is 17.9 Å². The molecule has 0 aliphatic carbocycles. The van der Waals surface area contributed by atoms with E-state index in [4.69, 9.17) is 5.14 Å². The molecule has 1 heterocycles. The number of alkyl halides is 3. The molecule has 0 fully saturated rings. The van der Waals surface area contributed by atoms with Crippen molar-refractivity contribution in [1.82, 2.24) is 0 Å². The van der Waals surface area contributed by atoms with Gasteiger partial charge in [-0.2, -0.15) is 0 Å². The third-order valence-electron chi connectivity index (χ3n) is 4.58. The summed E-state index contributed by atoms with van der Waals surface area (Å²) < 4.78 is 79.0. The van der Waals surface area contributed by atoms with Gasteiger partial charge in [0.25, 0.3) is 0 Å². The number of nitrogens with zero attached hydrogens (tertiary/aromatic N) is 1. The van der Waals surface area contributed by atoms with Crippen LogP contribution in [-0.4, -0.2) is 27.5 Å². The zero-order valence-corrected chi connectivity index (χ0v) is 15.9. The summed E-state index contributed by atoms with van der Waals surface area (Å²) in [5.74, 6) is -1.38. The van der Waals surface area contributed by atoms with Crippen LogP contribution < -0.4 is 9.88 Å². The highest BCUT2D eigenvalue weighted by molar-refractivity contribution is 7.89. The Labute approximate surface area is 164 Å². The lowest BCUT2D eigenvalue weighted by atomic mass is 9.73. The average molecular weight is 428 g/mol. The van der Waals surface area contributed by atoms with Gasteiger partial charge in [0.15, 0.2) is 0 Å².